The van der Waals surface area contributed by atoms with Gasteiger partial charge in [-0.2, -0.15) is 0 Å². The lowest BCUT2D eigenvalue weighted by Gasteiger charge is -2.26. The van der Waals surface area contributed by atoms with Gasteiger partial charge in [-0.25, -0.2) is 0 Å². The van der Waals surface area contributed by atoms with Crippen molar-refractivity contribution in [1.29, 1.82) is 0 Å². The second kappa shape index (κ2) is 11.9. The molecule has 34 heavy (non-hydrogen) atoms. The lowest BCUT2D eigenvalue weighted by atomic mass is 10.1. The van der Waals surface area contributed by atoms with Crippen LogP contribution >= 0.6 is 11.3 Å². The van der Waals surface area contributed by atoms with Gasteiger partial charge in [0.2, 0.25) is 5.91 Å². The van der Waals surface area contributed by atoms with Crippen LogP contribution < -0.4 is 10.2 Å². The molecular weight excluding hydrogens is 446 g/mol. The van der Waals surface area contributed by atoms with E-state index in [1.54, 1.807) is 4.90 Å². The number of carbonyl (C=O) groups is 2. The van der Waals surface area contributed by atoms with E-state index < -0.39 is 0 Å². The van der Waals surface area contributed by atoms with Crippen molar-refractivity contribution in [3.8, 4) is 0 Å². The third-order valence-corrected chi connectivity index (χ3v) is 6.89. The summed E-state index contributed by atoms with van der Waals surface area (Å²) in [5.41, 5.74) is 4.00. The highest BCUT2D eigenvalue weighted by atomic mass is 32.1. The highest BCUT2D eigenvalue weighted by molar-refractivity contribution is 7.12. The van der Waals surface area contributed by atoms with Crippen LogP contribution in [0.25, 0.3) is 0 Å². The van der Waals surface area contributed by atoms with Gasteiger partial charge in [0.05, 0.1) is 31.1 Å². The van der Waals surface area contributed by atoms with Crippen molar-refractivity contribution < 1.29 is 14.3 Å². The van der Waals surface area contributed by atoms with Crippen LogP contribution in [0.5, 0.6) is 0 Å². The summed E-state index contributed by atoms with van der Waals surface area (Å²) in [6.45, 7) is 7.38. The fourth-order valence-corrected chi connectivity index (χ4v) is 4.66. The van der Waals surface area contributed by atoms with Crippen molar-refractivity contribution in [2.24, 2.45) is 0 Å². The van der Waals surface area contributed by atoms with Gasteiger partial charge in [0.15, 0.2) is 0 Å². The summed E-state index contributed by atoms with van der Waals surface area (Å²) in [5, 5.41) is 4.92. The van der Waals surface area contributed by atoms with Crippen molar-refractivity contribution in [2.75, 3.05) is 44.3 Å². The molecule has 4 rings (SSSR count). The zero-order valence-corrected chi connectivity index (χ0v) is 20.4. The molecule has 1 saturated heterocycles. The number of benzene rings is 2. The maximum absolute atomic E-state index is 13.3. The summed E-state index contributed by atoms with van der Waals surface area (Å²) >= 11 is 1.44. The second-order valence-electron chi connectivity index (χ2n) is 8.44. The molecule has 2 amide bonds. The molecule has 7 heteroatoms. The summed E-state index contributed by atoms with van der Waals surface area (Å²) in [7, 11) is 0. The lowest BCUT2D eigenvalue weighted by molar-refractivity contribution is -0.120. The minimum Gasteiger partial charge on any atom is -0.379 e. The van der Waals surface area contributed by atoms with Crippen LogP contribution in [0.1, 0.15) is 26.4 Å². The molecule has 1 N–H and O–H groups in total. The average Bonchev–Trinajstić information content (AvgIpc) is 3.40. The van der Waals surface area contributed by atoms with Crippen LogP contribution in [0.3, 0.4) is 0 Å². The molecule has 1 aliphatic rings. The van der Waals surface area contributed by atoms with Gasteiger partial charge in [-0.1, -0.05) is 42.5 Å². The van der Waals surface area contributed by atoms with E-state index in [-0.39, 0.29) is 11.8 Å². The van der Waals surface area contributed by atoms with Gasteiger partial charge in [-0.15, -0.1) is 11.3 Å². The molecule has 0 unspecified atom stereocenters. The van der Waals surface area contributed by atoms with E-state index in [2.05, 4.69) is 29.3 Å². The Morgan fingerprint density at radius 3 is 2.50 bits per heavy atom. The number of aryl methyl sites for hydroxylation is 1. The van der Waals surface area contributed by atoms with Gasteiger partial charge in [0.25, 0.3) is 5.91 Å². The van der Waals surface area contributed by atoms with Crippen LogP contribution in [-0.2, 0) is 22.5 Å². The third kappa shape index (κ3) is 6.53. The summed E-state index contributed by atoms with van der Waals surface area (Å²) in [5.74, 6) is -0.0145. The Morgan fingerprint density at radius 2 is 1.79 bits per heavy atom. The molecule has 0 radical (unpaired) electrons. The van der Waals surface area contributed by atoms with Crippen molar-refractivity contribution >= 4 is 28.8 Å². The van der Waals surface area contributed by atoms with E-state index in [0.29, 0.717) is 24.4 Å². The SMILES string of the molecule is Cc1ccccc1CN(C(=O)c1cccs1)c1ccc(CC(=O)NCCN2CCOCC2)cc1. The van der Waals surface area contributed by atoms with E-state index >= 15 is 0 Å². The predicted octanol–water partition coefficient (Wildman–Crippen LogP) is 3.89. The molecule has 0 spiro atoms. The smallest absolute Gasteiger partial charge is 0.268 e. The van der Waals surface area contributed by atoms with Crippen LogP contribution in [-0.4, -0.2) is 56.1 Å². The first-order chi connectivity index (χ1) is 16.6. The first-order valence-electron chi connectivity index (χ1n) is 11.7. The summed E-state index contributed by atoms with van der Waals surface area (Å²) < 4.78 is 5.35. The van der Waals surface area contributed by atoms with Crippen molar-refractivity contribution in [1.82, 2.24) is 10.2 Å². The van der Waals surface area contributed by atoms with Crippen LogP contribution in [0, 0.1) is 6.92 Å². The maximum Gasteiger partial charge on any atom is 0.268 e. The second-order valence-corrected chi connectivity index (χ2v) is 9.39. The van der Waals surface area contributed by atoms with E-state index in [9.17, 15) is 9.59 Å². The number of carbonyl (C=O) groups excluding carboxylic acids is 2. The van der Waals surface area contributed by atoms with Crippen molar-refractivity contribution in [2.45, 2.75) is 19.9 Å². The molecular formula is C27H31N3O3S. The highest BCUT2D eigenvalue weighted by Gasteiger charge is 2.20. The number of hydrogen-bond acceptors (Lipinski definition) is 5. The molecule has 0 atom stereocenters. The Hall–Kier alpha value is -3.00. The minimum atomic E-state index is -0.0214. The molecule has 178 valence electrons. The number of nitrogens with one attached hydrogen (secondary N) is 1. The molecule has 1 fully saturated rings. The number of ether oxygens (including phenoxy) is 1. The van der Waals surface area contributed by atoms with E-state index in [1.807, 2.05) is 53.9 Å². The largest absolute Gasteiger partial charge is 0.379 e. The van der Waals surface area contributed by atoms with Crippen LogP contribution in [0.15, 0.2) is 66.0 Å². The number of thiophene rings is 1. The normalized spacial score (nSPS) is 14.0. The maximum atomic E-state index is 13.3. The zero-order valence-electron chi connectivity index (χ0n) is 19.5. The molecule has 2 heterocycles. The molecule has 0 aliphatic carbocycles. The minimum absolute atomic E-state index is 0.00689. The van der Waals surface area contributed by atoms with E-state index in [0.717, 1.165) is 55.2 Å². The standard InChI is InChI=1S/C27H31N3O3S/c1-21-5-2-3-6-23(21)20-30(27(32)25-7-4-18-34-25)24-10-8-22(9-11-24)19-26(31)28-12-13-29-14-16-33-17-15-29/h2-11,18H,12-17,19-20H2,1H3,(H,28,31). The third-order valence-electron chi connectivity index (χ3n) is 6.03. The molecule has 1 aromatic heterocycles. The van der Waals surface area contributed by atoms with Crippen molar-refractivity contribution in [3.05, 3.63) is 87.6 Å². The van der Waals surface area contributed by atoms with Gasteiger partial charge in [-0.3, -0.25) is 14.5 Å². The molecule has 0 saturated carbocycles. The Morgan fingerprint density at radius 1 is 1.03 bits per heavy atom. The van der Waals surface area contributed by atoms with Gasteiger partial charge in [-0.05, 0) is 47.2 Å². The number of morpholine rings is 1. The van der Waals surface area contributed by atoms with E-state index in [4.69, 9.17) is 4.74 Å². The molecule has 1 aliphatic heterocycles. The van der Waals surface area contributed by atoms with Gasteiger partial charge in [0, 0.05) is 31.9 Å². The number of nitrogens with zero attached hydrogens (tertiary/aromatic N) is 2. The molecule has 3 aromatic rings. The van der Waals surface area contributed by atoms with E-state index in [1.165, 1.54) is 11.3 Å². The number of rotatable bonds is 9. The fraction of sp³-hybridized carbons (Fsp3) is 0.333. The highest BCUT2D eigenvalue weighted by Crippen LogP contribution is 2.24. The lowest BCUT2D eigenvalue weighted by Crippen LogP contribution is -2.41. The fourth-order valence-electron chi connectivity index (χ4n) is 3.99. The average molecular weight is 478 g/mol. The quantitative estimate of drug-likeness (QED) is 0.508. The molecule has 2 aromatic carbocycles. The van der Waals surface area contributed by atoms with Crippen LogP contribution in [0.2, 0.25) is 0 Å². The Balaban J connectivity index is 1.39. The van der Waals surface area contributed by atoms with Crippen molar-refractivity contribution in [3.63, 3.8) is 0 Å². The summed E-state index contributed by atoms with van der Waals surface area (Å²) in [4.78, 5) is 30.5. The van der Waals surface area contributed by atoms with Gasteiger partial charge in [0.1, 0.15) is 0 Å². The first-order valence-corrected chi connectivity index (χ1v) is 12.5. The number of hydrogen-bond donors (Lipinski definition) is 1. The monoisotopic (exact) mass is 477 g/mol. The number of anilines is 1. The van der Waals surface area contributed by atoms with Gasteiger partial charge >= 0.3 is 0 Å². The topological polar surface area (TPSA) is 61.9 Å². The summed E-state index contributed by atoms with van der Waals surface area (Å²) in [6, 6.07) is 19.6. The molecule has 0 bridgehead atoms. The van der Waals surface area contributed by atoms with Gasteiger partial charge < -0.3 is 15.0 Å². The molecule has 6 nitrogen and oxygen atoms in total. The Bertz CT molecular complexity index is 1080. The Labute approximate surface area is 205 Å². The number of amides is 2. The summed E-state index contributed by atoms with van der Waals surface area (Å²) in [6.07, 6.45) is 0.319. The first kappa shape index (κ1) is 24.1. The Kier molecular flexibility index (Phi) is 8.46. The van der Waals surface area contributed by atoms with Crippen LogP contribution in [0.4, 0.5) is 5.69 Å². The zero-order chi connectivity index (χ0) is 23.8. The predicted molar refractivity (Wildman–Crippen MR) is 136 cm³/mol.